The topological polar surface area (TPSA) is 146 Å². The minimum Gasteiger partial charge on any atom is -0.508 e. The van der Waals surface area contributed by atoms with Crippen LogP contribution in [0.4, 0.5) is 11.4 Å². The van der Waals surface area contributed by atoms with Crippen LogP contribution in [0, 0.1) is 0 Å². The maximum atomic E-state index is 12.9. The van der Waals surface area contributed by atoms with Gasteiger partial charge in [0.2, 0.25) is 0 Å². The molecule has 0 radical (unpaired) electrons. The fraction of sp³-hybridized carbons (Fsp3) is 0. The molecule has 4 N–H and O–H groups in total. The van der Waals surface area contributed by atoms with E-state index in [9.17, 15) is 27.0 Å². The Labute approximate surface area is 200 Å². The molecule has 0 aliphatic rings. The summed E-state index contributed by atoms with van der Waals surface area (Å²) >= 11 is 0. The van der Waals surface area contributed by atoms with E-state index < -0.39 is 20.0 Å². The molecule has 0 spiro atoms. The van der Waals surface area contributed by atoms with E-state index in [-0.39, 0.29) is 32.7 Å². The first-order chi connectivity index (χ1) is 16.6. The third-order valence-electron chi connectivity index (χ3n) is 5.23. The number of benzene rings is 4. The van der Waals surface area contributed by atoms with Gasteiger partial charge in [-0.15, -0.1) is 0 Å². The number of nitrogens with one attached hydrogen (secondary N) is 2. The largest absolute Gasteiger partial charge is 0.508 e. The molecule has 1 aromatic heterocycles. The SMILES string of the molecule is O=S(=O)(Nc1cccc(O)c1)c1ccc2oc3ccc(S(=O)(=O)Nc4cccc(O)c4)cc3c2c1. The van der Waals surface area contributed by atoms with Crippen molar-refractivity contribution >= 4 is 53.4 Å². The van der Waals surface area contributed by atoms with Gasteiger partial charge in [0, 0.05) is 22.9 Å². The number of hydrogen-bond acceptors (Lipinski definition) is 7. The Balaban J connectivity index is 1.55. The monoisotopic (exact) mass is 510 g/mol. The lowest BCUT2D eigenvalue weighted by Crippen LogP contribution is -2.13. The summed E-state index contributed by atoms with van der Waals surface area (Å²) in [5.41, 5.74) is 1.14. The van der Waals surface area contributed by atoms with Crippen LogP contribution in [0.2, 0.25) is 0 Å². The molecule has 0 saturated carbocycles. The van der Waals surface area contributed by atoms with Crippen molar-refractivity contribution < 1.29 is 31.5 Å². The highest BCUT2D eigenvalue weighted by Gasteiger charge is 2.20. The molecule has 0 unspecified atom stereocenters. The molecule has 35 heavy (non-hydrogen) atoms. The van der Waals surface area contributed by atoms with Crippen molar-refractivity contribution in [1.82, 2.24) is 0 Å². The predicted octanol–water partition coefficient (Wildman–Crippen LogP) is 4.60. The van der Waals surface area contributed by atoms with Gasteiger partial charge in [-0.1, -0.05) is 12.1 Å². The number of hydrogen-bond donors (Lipinski definition) is 4. The Hall–Kier alpha value is -4.22. The summed E-state index contributed by atoms with van der Waals surface area (Å²) in [5.74, 6) is -0.177. The molecule has 5 rings (SSSR count). The third kappa shape index (κ3) is 4.46. The van der Waals surface area contributed by atoms with Crippen LogP contribution in [-0.4, -0.2) is 27.0 Å². The molecule has 1 heterocycles. The van der Waals surface area contributed by atoms with Crippen LogP contribution in [0.25, 0.3) is 21.9 Å². The predicted molar refractivity (Wildman–Crippen MR) is 132 cm³/mol. The average molecular weight is 511 g/mol. The van der Waals surface area contributed by atoms with Gasteiger partial charge in [-0.2, -0.15) is 0 Å². The van der Waals surface area contributed by atoms with E-state index in [1.54, 1.807) is 0 Å². The van der Waals surface area contributed by atoms with Gasteiger partial charge >= 0.3 is 0 Å². The highest BCUT2D eigenvalue weighted by molar-refractivity contribution is 7.93. The zero-order chi connectivity index (χ0) is 24.8. The van der Waals surface area contributed by atoms with Gasteiger partial charge in [0.05, 0.1) is 21.2 Å². The van der Waals surface area contributed by atoms with E-state index in [1.807, 2.05) is 0 Å². The summed E-state index contributed by atoms with van der Waals surface area (Å²) in [7, 11) is -8.02. The standard InChI is InChI=1S/C24H18N2O7S2/c27-17-5-1-3-15(11-17)25-34(29,30)19-7-9-23-21(13-19)22-14-20(8-10-24(22)33-23)35(31,32)26-16-4-2-6-18(28)12-16/h1-14,25-28H. The summed E-state index contributed by atoms with van der Waals surface area (Å²) in [6, 6.07) is 19.9. The number of anilines is 2. The van der Waals surface area contributed by atoms with Gasteiger partial charge in [-0.3, -0.25) is 9.44 Å². The molecule has 0 saturated heterocycles. The van der Waals surface area contributed by atoms with Crippen molar-refractivity contribution in [3.8, 4) is 11.5 Å². The number of phenols is 2. The van der Waals surface area contributed by atoms with Gasteiger partial charge in [0.1, 0.15) is 22.7 Å². The van der Waals surface area contributed by atoms with E-state index in [0.717, 1.165) is 0 Å². The number of phenolic OH excluding ortho intramolecular Hbond substituents is 2. The number of sulfonamides is 2. The van der Waals surface area contributed by atoms with Crippen molar-refractivity contribution in [3.63, 3.8) is 0 Å². The van der Waals surface area contributed by atoms with Crippen LogP contribution in [0.3, 0.4) is 0 Å². The van der Waals surface area contributed by atoms with Gasteiger partial charge in [0.25, 0.3) is 20.0 Å². The van der Waals surface area contributed by atoms with E-state index in [0.29, 0.717) is 21.9 Å². The third-order valence-corrected chi connectivity index (χ3v) is 7.99. The molecule has 0 amide bonds. The zero-order valence-electron chi connectivity index (χ0n) is 17.8. The summed E-state index contributed by atoms with van der Waals surface area (Å²) in [6.45, 7) is 0. The first-order valence-corrected chi connectivity index (χ1v) is 13.2. The summed E-state index contributed by atoms with van der Waals surface area (Å²) in [4.78, 5) is -0.135. The summed E-state index contributed by atoms with van der Waals surface area (Å²) in [6.07, 6.45) is 0. The maximum Gasteiger partial charge on any atom is 0.261 e. The van der Waals surface area contributed by atoms with E-state index in [1.165, 1.54) is 84.9 Å². The fourth-order valence-electron chi connectivity index (χ4n) is 3.64. The van der Waals surface area contributed by atoms with Crippen LogP contribution >= 0.6 is 0 Å². The first-order valence-electron chi connectivity index (χ1n) is 10.2. The van der Waals surface area contributed by atoms with Crippen LogP contribution < -0.4 is 9.44 Å². The summed E-state index contributed by atoms with van der Waals surface area (Å²) < 4.78 is 62.3. The van der Waals surface area contributed by atoms with Crippen molar-refractivity contribution in [2.45, 2.75) is 9.79 Å². The minimum atomic E-state index is -4.01. The van der Waals surface area contributed by atoms with Crippen LogP contribution in [0.1, 0.15) is 0 Å². The highest BCUT2D eigenvalue weighted by atomic mass is 32.2. The maximum absolute atomic E-state index is 12.9. The zero-order valence-corrected chi connectivity index (χ0v) is 19.5. The quantitative estimate of drug-likeness (QED) is 0.261. The first kappa shape index (κ1) is 22.6. The molecule has 5 aromatic rings. The lowest BCUT2D eigenvalue weighted by molar-refractivity contribution is 0.475. The summed E-state index contributed by atoms with van der Waals surface area (Å²) in [5, 5.41) is 20.0. The van der Waals surface area contributed by atoms with E-state index >= 15 is 0 Å². The number of fused-ring (bicyclic) bond motifs is 3. The average Bonchev–Trinajstić information content (AvgIpc) is 3.16. The van der Waals surface area contributed by atoms with E-state index in [4.69, 9.17) is 4.42 Å². The second kappa shape index (κ2) is 8.22. The molecule has 11 heteroatoms. The Morgan fingerprint density at radius 3 is 1.40 bits per heavy atom. The molecule has 0 aliphatic heterocycles. The second-order valence-electron chi connectivity index (χ2n) is 7.73. The van der Waals surface area contributed by atoms with Crippen molar-refractivity contribution in [3.05, 3.63) is 84.9 Å². The number of rotatable bonds is 6. The fourth-order valence-corrected chi connectivity index (χ4v) is 5.79. The van der Waals surface area contributed by atoms with Gasteiger partial charge in [-0.25, -0.2) is 16.8 Å². The molecule has 0 bridgehead atoms. The smallest absolute Gasteiger partial charge is 0.261 e. The molecule has 4 aromatic carbocycles. The Morgan fingerprint density at radius 1 is 0.571 bits per heavy atom. The van der Waals surface area contributed by atoms with E-state index in [2.05, 4.69) is 9.44 Å². The highest BCUT2D eigenvalue weighted by Crippen LogP contribution is 2.33. The second-order valence-corrected chi connectivity index (χ2v) is 11.1. The molecule has 178 valence electrons. The normalized spacial score (nSPS) is 12.1. The molecule has 0 aliphatic carbocycles. The van der Waals surface area contributed by atoms with Crippen LogP contribution in [0.5, 0.6) is 11.5 Å². The molecule has 0 fully saturated rings. The lowest BCUT2D eigenvalue weighted by Gasteiger charge is -2.09. The van der Waals surface area contributed by atoms with Crippen molar-refractivity contribution in [2.75, 3.05) is 9.44 Å². The molecule has 9 nitrogen and oxygen atoms in total. The van der Waals surface area contributed by atoms with Gasteiger partial charge in [0.15, 0.2) is 0 Å². The minimum absolute atomic E-state index is 0.0674. The molecule has 0 atom stereocenters. The molecular formula is C24H18N2O7S2. The number of aromatic hydroxyl groups is 2. The molecular weight excluding hydrogens is 492 g/mol. The van der Waals surface area contributed by atoms with Gasteiger partial charge in [-0.05, 0) is 60.7 Å². The van der Waals surface area contributed by atoms with Crippen LogP contribution in [0.15, 0.2) is 99.1 Å². The van der Waals surface area contributed by atoms with Crippen LogP contribution in [-0.2, 0) is 20.0 Å². The van der Waals surface area contributed by atoms with Crippen molar-refractivity contribution in [1.29, 1.82) is 0 Å². The van der Waals surface area contributed by atoms with Gasteiger partial charge < -0.3 is 14.6 Å². The van der Waals surface area contributed by atoms with Crippen molar-refractivity contribution in [2.24, 2.45) is 0 Å². The number of furan rings is 1. The lowest BCUT2D eigenvalue weighted by atomic mass is 10.1. The Kier molecular flexibility index (Phi) is 5.30. The Morgan fingerprint density at radius 2 is 1.00 bits per heavy atom. The Bertz CT molecular complexity index is 1680.